The Labute approximate surface area is 72.2 Å². The maximum atomic E-state index is 11.0. The number of carbonyl (C=O) groups excluding carboxylic acids is 1. The molecule has 1 aromatic carbocycles. The van der Waals surface area contributed by atoms with Gasteiger partial charge in [-0.15, -0.1) is 0 Å². The fraction of sp³-hybridized carbons (Fsp3) is 0. The minimum absolute atomic E-state index is 0.303. The zero-order valence-electron chi connectivity index (χ0n) is 6.43. The zero-order valence-corrected chi connectivity index (χ0v) is 6.43. The molecule has 2 rings (SSSR count). The van der Waals surface area contributed by atoms with Gasteiger partial charge in [-0.3, -0.25) is 14.9 Å². The Hall–Kier alpha value is -2.04. The predicted octanol–water partition coefficient (Wildman–Crippen LogP) is -0.769. The van der Waals surface area contributed by atoms with Crippen LogP contribution in [0.2, 0.25) is 0 Å². The van der Waals surface area contributed by atoms with E-state index in [9.17, 15) is 14.9 Å². The van der Waals surface area contributed by atoms with E-state index < -0.39 is 16.5 Å². The number of nitro groups is 1. The molecule has 0 aromatic heterocycles. The molecule has 0 N–H and O–H groups in total. The van der Waals surface area contributed by atoms with Gasteiger partial charge in [-0.1, -0.05) is 12.1 Å². The number of amides is 1. The Morgan fingerprint density at radius 1 is 1.31 bits per heavy atom. The molecular formula is C8H4N2O3. The highest BCUT2D eigenvalue weighted by molar-refractivity contribution is 6.11. The molecule has 0 saturated heterocycles. The summed E-state index contributed by atoms with van der Waals surface area (Å²) in [4.78, 5) is 24.3. The number of hydrogen-bond acceptors (Lipinski definition) is 3. The van der Waals surface area contributed by atoms with Gasteiger partial charge >= 0.3 is 11.6 Å². The quantitative estimate of drug-likeness (QED) is 0.416. The van der Waals surface area contributed by atoms with E-state index in [4.69, 9.17) is 0 Å². The third-order valence-electron chi connectivity index (χ3n) is 1.77. The van der Waals surface area contributed by atoms with Crippen molar-refractivity contribution in [3.05, 3.63) is 45.0 Å². The summed E-state index contributed by atoms with van der Waals surface area (Å²) in [6.07, 6.45) is 0. The van der Waals surface area contributed by atoms with Gasteiger partial charge in [-0.2, -0.15) is 0 Å². The molecule has 1 amide bonds. The summed E-state index contributed by atoms with van der Waals surface area (Å²) < 4.78 is 0. The molecule has 0 radical (unpaired) electrons. The van der Waals surface area contributed by atoms with Gasteiger partial charge in [-0.25, -0.2) is 4.99 Å². The molecule has 64 valence electrons. The maximum Gasteiger partial charge on any atom is 0.349 e. The van der Waals surface area contributed by atoms with E-state index in [1.807, 2.05) is 0 Å². The molecule has 1 aromatic rings. The van der Waals surface area contributed by atoms with Gasteiger partial charge in [0.25, 0.3) is 0 Å². The van der Waals surface area contributed by atoms with Gasteiger partial charge in [0.2, 0.25) is 0 Å². The summed E-state index contributed by atoms with van der Waals surface area (Å²) >= 11 is 0. The number of para-hydroxylation sites is 1. The summed E-state index contributed by atoms with van der Waals surface area (Å²) in [6, 6.07) is 6.40. The van der Waals surface area contributed by atoms with E-state index in [0.29, 0.717) is 10.6 Å². The summed E-state index contributed by atoms with van der Waals surface area (Å²) in [7, 11) is 0. The highest BCUT2D eigenvalue weighted by atomic mass is 16.6. The van der Waals surface area contributed by atoms with E-state index in [0.717, 1.165) is 0 Å². The Morgan fingerprint density at radius 2 is 2.00 bits per heavy atom. The molecule has 0 unspecified atom stereocenters. The SMILES string of the molecule is O=C1N=c2ccccc2=C1[N+](=O)[O-]. The summed E-state index contributed by atoms with van der Waals surface area (Å²) in [5.41, 5.74) is -0.435. The van der Waals surface area contributed by atoms with Crippen LogP contribution in [0.5, 0.6) is 0 Å². The zero-order chi connectivity index (χ0) is 9.42. The van der Waals surface area contributed by atoms with Crippen LogP contribution in [-0.4, -0.2) is 10.8 Å². The van der Waals surface area contributed by atoms with Crippen molar-refractivity contribution < 1.29 is 9.72 Å². The van der Waals surface area contributed by atoms with E-state index in [1.54, 1.807) is 18.2 Å². The number of rotatable bonds is 1. The standard InChI is InChI=1S/C8H4N2O3/c11-8-7(10(12)13)5-3-1-2-4-6(5)9-8/h1-4H. The number of nitrogens with zero attached hydrogens (tertiary/aromatic N) is 2. The van der Waals surface area contributed by atoms with Gasteiger partial charge in [0.05, 0.1) is 15.5 Å². The molecule has 0 saturated carbocycles. The van der Waals surface area contributed by atoms with Crippen LogP contribution in [0.4, 0.5) is 0 Å². The smallest absolute Gasteiger partial charge is 0.259 e. The van der Waals surface area contributed by atoms with E-state index in [1.165, 1.54) is 6.07 Å². The van der Waals surface area contributed by atoms with Crippen molar-refractivity contribution in [3.8, 4) is 0 Å². The second kappa shape index (κ2) is 2.48. The Morgan fingerprint density at radius 3 is 2.69 bits per heavy atom. The minimum Gasteiger partial charge on any atom is -0.259 e. The number of hydrogen-bond donors (Lipinski definition) is 0. The lowest BCUT2D eigenvalue weighted by molar-refractivity contribution is -0.375. The van der Waals surface area contributed by atoms with E-state index >= 15 is 0 Å². The maximum absolute atomic E-state index is 11.0. The summed E-state index contributed by atoms with van der Waals surface area (Å²) in [5.74, 6) is -0.772. The second-order valence-electron chi connectivity index (χ2n) is 2.54. The lowest BCUT2D eigenvalue weighted by Gasteiger charge is -1.85. The molecule has 1 aliphatic rings. The Kier molecular flexibility index (Phi) is 1.45. The molecule has 5 heteroatoms. The van der Waals surface area contributed by atoms with Crippen LogP contribution in [-0.2, 0) is 4.79 Å². The van der Waals surface area contributed by atoms with Crippen LogP contribution in [0, 0.1) is 10.1 Å². The minimum atomic E-state index is -0.772. The number of carbonyl (C=O) groups is 1. The van der Waals surface area contributed by atoms with Crippen molar-refractivity contribution in [2.75, 3.05) is 0 Å². The molecular weight excluding hydrogens is 172 g/mol. The van der Waals surface area contributed by atoms with Gasteiger partial charge < -0.3 is 0 Å². The molecule has 1 aliphatic heterocycles. The molecule has 13 heavy (non-hydrogen) atoms. The molecule has 0 atom stereocenters. The fourth-order valence-electron chi connectivity index (χ4n) is 1.23. The van der Waals surface area contributed by atoms with Crippen molar-refractivity contribution >= 4 is 11.6 Å². The average molecular weight is 176 g/mol. The molecule has 5 nitrogen and oxygen atoms in total. The largest absolute Gasteiger partial charge is 0.349 e. The van der Waals surface area contributed by atoms with Crippen LogP contribution < -0.4 is 10.6 Å². The number of benzene rings is 1. The first-order valence-electron chi connectivity index (χ1n) is 3.57. The third-order valence-corrected chi connectivity index (χ3v) is 1.77. The van der Waals surface area contributed by atoms with Crippen molar-refractivity contribution in [2.24, 2.45) is 4.99 Å². The predicted molar refractivity (Wildman–Crippen MR) is 42.6 cm³/mol. The van der Waals surface area contributed by atoms with Crippen molar-refractivity contribution in [1.82, 2.24) is 0 Å². The fourth-order valence-corrected chi connectivity index (χ4v) is 1.23. The first-order chi connectivity index (χ1) is 6.20. The lowest BCUT2D eigenvalue weighted by Crippen LogP contribution is -2.24. The van der Waals surface area contributed by atoms with Crippen molar-refractivity contribution in [3.63, 3.8) is 0 Å². The average Bonchev–Trinajstić information content (AvgIpc) is 2.39. The first-order valence-corrected chi connectivity index (χ1v) is 3.57. The van der Waals surface area contributed by atoms with Crippen LogP contribution >= 0.6 is 0 Å². The third kappa shape index (κ3) is 1.01. The monoisotopic (exact) mass is 176 g/mol. The molecule has 0 spiro atoms. The molecule has 0 aliphatic carbocycles. The van der Waals surface area contributed by atoms with Gasteiger partial charge in [0, 0.05) is 0 Å². The highest BCUT2D eigenvalue weighted by Gasteiger charge is 2.26. The van der Waals surface area contributed by atoms with E-state index in [2.05, 4.69) is 4.99 Å². The van der Waals surface area contributed by atoms with Crippen molar-refractivity contribution in [1.29, 1.82) is 0 Å². The van der Waals surface area contributed by atoms with Crippen LogP contribution in [0.25, 0.3) is 5.70 Å². The lowest BCUT2D eigenvalue weighted by atomic mass is 10.2. The van der Waals surface area contributed by atoms with Gasteiger partial charge in [0.15, 0.2) is 0 Å². The highest BCUT2D eigenvalue weighted by Crippen LogP contribution is 1.99. The summed E-state index contributed by atoms with van der Waals surface area (Å²) in [5, 5.41) is 11.1. The molecule has 1 heterocycles. The van der Waals surface area contributed by atoms with Crippen LogP contribution in [0.3, 0.4) is 0 Å². The Bertz CT molecular complexity index is 518. The van der Waals surface area contributed by atoms with E-state index in [-0.39, 0.29) is 0 Å². The van der Waals surface area contributed by atoms with Crippen LogP contribution in [0.15, 0.2) is 29.3 Å². The summed E-state index contributed by atoms with van der Waals surface area (Å²) in [6.45, 7) is 0. The second-order valence-corrected chi connectivity index (χ2v) is 2.54. The normalized spacial score (nSPS) is 13.8. The number of fused-ring (bicyclic) bond motifs is 1. The van der Waals surface area contributed by atoms with Gasteiger partial charge in [0.1, 0.15) is 0 Å². The molecule has 0 bridgehead atoms. The van der Waals surface area contributed by atoms with Gasteiger partial charge in [-0.05, 0) is 12.1 Å². The first kappa shape index (κ1) is 7.60. The van der Waals surface area contributed by atoms with Crippen LogP contribution in [0.1, 0.15) is 0 Å². The van der Waals surface area contributed by atoms with Crippen molar-refractivity contribution in [2.45, 2.75) is 0 Å². The Balaban J connectivity index is 2.92. The molecule has 0 fully saturated rings. The topological polar surface area (TPSA) is 72.6 Å².